The molecule has 0 aliphatic carbocycles. The van der Waals surface area contributed by atoms with Gasteiger partial charge < -0.3 is 20.2 Å². The van der Waals surface area contributed by atoms with Gasteiger partial charge in [-0.1, -0.05) is 6.92 Å². The number of hydrogen-bond acceptors (Lipinski definition) is 5. The molecular formula is C11H24N2O3. The van der Waals surface area contributed by atoms with E-state index in [2.05, 4.69) is 9.80 Å². The standard InChI is InChI=1S/C11H24N2O3/c1-11(9-15,10-16)8-13-4-2-12(3-5-13)6-7-14/h14-16H,2-10H2,1H3. The predicted molar refractivity (Wildman–Crippen MR) is 62.2 cm³/mol. The maximum Gasteiger partial charge on any atom is 0.0558 e. The van der Waals surface area contributed by atoms with Crippen molar-refractivity contribution in [3.8, 4) is 0 Å². The number of piperazine rings is 1. The molecule has 1 aliphatic heterocycles. The molecule has 1 saturated heterocycles. The molecule has 0 unspecified atom stereocenters. The molecule has 1 rings (SSSR count). The van der Waals surface area contributed by atoms with Crippen LogP contribution in [0, 0.1) is 5.41 Å². The van der Waals surface area contributed by atoms with Crippen molar-refractivity contribution >= 4 is 0 Å². The van der Waals surface area contributed by atoms with Crippen LogP contribution in [-0.4, -0.2) is 84.2 Å². The third-order valence-electron chi connectivity index (χ3n) is 3.25. The van der Waals surface area contributed by atoms with Gasteiger partial charge in [0.1, 0.15) is 0 Å². The second-order valence-corrected chi connectivity index (χ2v) is 4.97. The third kappa shape index (κ3) is 3.99. The Bertz CT molecular complexity index is 190. The fourth-order valence-corrected chi connectivity index (χ4v) is 2.00. The molecule has 0 bridgehead atoms. The van der Waals surface area contributed by atoms with Crippen LogP contribution in [0.2, 0.25) is 0 Å². The Morgan fingerprint density at radius 1 is 0.938 bits per heavy atom. The monoisotopic (exact) mass is 232 g/mol. The van der Waals surface area contributed by atoms with E-state index in [1.54, 1.807) is 0 Å². The first-order valence-electron chi connectivity index (χ1n) is 5.91. The van der Waals surface area contributed by atoms with Crippen molar-refractivity contribution in [2.75, 3.05) is 59.1 Å². The molecule has 0 saturated carbocycles. The van der Waals surface area contributed by atoms with Crippen LogP contribution >= 0.6 is 0 Å². The third-order valence-corrected chi connectivity index (χ3v) is 3.25. The zero-order valence-corrected chi connectivity index (χ0v) is 10.1. The van der Waals surface area contributed by atoms with Crippen LogP contribution in [0.5, 0.6) is 0 Å². The maximum absolute atomic E-state index is 9.22. The van der Waals surface area contributed by atoms with Gasteiger partial charge in [-0.2, -0.15) is 0 Å². The maximum atomic E-state index is 9.22. The molecule has 3 N–H and O–H groups in total. The van der Waals surface area contributed by atoms with Gasteiger partial charge in [0.05, 0.1) is 19.8 Å². The molecule has 96 valence electrons. The molecule has 5 nitrogen and oxygen atoms in total. The number of β-amino-alcohol motifs (C(OH)–C–C–N with tert-alkyl or cyclic N) is 1. The quantitative estimate of drug-likeness (QED) is 0.525. The van der Waals surface area contributed by atoms with Crippen LogP contribution in [-0.2, 0) is 0 Å². The van der Waals surface area contributed by atoms with Gasteiger partial charge in [-0.15, -0.1) is 0 Å². The number of rotatable bonds is 6. The first-order valence-corrected chi connectivity index (χ1v) is 5.91. The van der Waals surface area contributed by atoms with Crippen molar-refractivity contribution in [1.29, 1.82) is 0 Å². The summed E-state index contributed by atoms with van der Waals surface area (Å²) in [6.07, 6.45) is 0. The molecule has 0 amide bonds. The van der Waals surface area contributed by atoms with Gasteiger partial charge in [-0.05, 0) is 0 Å². The van der Waals surface area contributed by atoms with Crippen molar-refractivity contribution in [2.24, 2.45) is 5.41 Å². The summed E-state index contributed by atoms with van der Waals surface area (Å²) in [5.74, 6) is 0. The zero-order chi connectivity index (χ0) is 12.0. The lowest BCUT2D eigenvalue weighted by atomic mass is 9.92. The van der Waals surface area contributed by atoms with Crippen LogP contribution in [0.1, 0.15) is 6.92 Å². The predicted octanol–water partition coefficient (Wildman–Crippen LogP) is -1.41. The lowest BCUT2D eigenvalue weighted by molar-refractivity contribution is 0.0171. The summed E-state index contributed by atoms with van der Waals surface area (Å²) in [4.78, 5) is 4.49. The Hall–Kier alpha value is -0.200. The van der Waals surface area contributed by atoms with Crippen molar-refractivity contribution in [2.45, 2.75) is 6.92 Å². The van der Waals surface area contributed by atoms with Crippen molar-refractivity contribution < 1.29 is 15.3 Å². The van der Waals surface area contributed by atoms with E-state index in [1.807, 2.05) is 6.92 Å². The highest BCUT2D eigenvalue weighted by Gasteiger charge is 2.27. The molecule has 0 aromatic heterocycles. The van der Waals surface area contributed by atoms with Gasteiger partial charge in [-0.25, -0.2) is 0 Å². The number of hydrogen-bond donors (Lipinski definition) is 3. The topological polar surface area (TPSA) is 67.2 Å². The molecule has 1 heterocycles. The molecule has 1 fully saturated rings. The molecule has 0 radical (unpaired) electrons. The highest BCUT2D eigenvalue weighted by molar-refractivity contribution is 4.80. The van der Waals surface area contributed by atoms with Gasteiger partial charge in [-0.3, -0.25) is 4.90 Å². The summed E-state index contributed by atoms with van der Waals surface area (Å²) in [6, 6.07) is 0. The first kappa shape index (κ1) is 13.9. The van der Waals surface area contributed by atoms with Crippen LogP contribution in [0.25, 0.3) is 0 Å². The minimum atomic E-state index is -0.404. The Kier molecular flexibility index (Phi) is 5.64. The van der Waals surface area contributed by atoms with E-state index in [0.717, 1.165) is 39.3 Å². The highest BCUT2D eigenvalue weighted by Crippen LogP contribution is 2.17. The van der Waals surface area contributed by atoms with Crippen LogP contribution in [0.4, 0.5) is 0 Å². The summed E-state index contributed by atoms with van der Waals surface area (Å²) >= 11 is 0. The van der Waals surface area contributed by atoms with Crippen LogP contribution in [0.15, 0.2) is 0 Å². The molecule has 0 spiro atoms. The lowest BCUT2D eigenvalue weighted by Crippen LogP contribution is -2.51. The van der Waals surface area contributed by atoms with Gasteiger partial charge in [0.2, 0.25) is 0 Å². The summed E-state index contributed by atoms with van der Waals surface area (Å²) < 4.78 is 0. The largest absolute Gasteiger partial charge is 0.396 e. The first-order chi connectivity index (χ1) is 7.63. The lowest BCUT2D eigenvalue weighted by Gasteiger charge is -2.38. The Morgan fingerprint density at radius 3 is 1.88 bits per heavy atom. The zero-order valence-electron chi connectivity index (χ0n) is 10.1. The van der Waals surface area contributed by atoms with Crippen molar-refractivity contribution in [1.82, 2.24) is 9.80 Å². The summed E-state index contributed by atoms with van der Waals surface area (Å²) in [5.41, 5.74) is -0.404. The van der Waals surface area contributed by atoms with Gasteiger partial charge in [0.15, 0.2) is 0 Å². The average molecular weight is 232 g/mol. The molecule has 0 aromatic rings. The molecule has 0 aromatic carbocycles. The minimum absolute atomic E-state index is 0.0142. The molecule has 0 atom stereocenters. The van der Waals surface area contributed by atoms with Crippen molar-refractivity contribution in [3.63, 3.8) is 0 Å². The molecule has 5 heteroatoms. The molecule has 16 heavy (non-hydrogen) atoms. The molecule has 1 aliphatic rings. The summed E-state index contributed by atoms with van der Waals surface area (Å²) in [6.45, 7) is 7.39. The SMILES string of the molecule is CC(CO)(CO)CN1CCN(CCO)CC1. The van der Waals surface area contributed by atoms with E-state index >= 15 is 0 Å². The Morgan fingerprint density at radius 2 is 1.44 bits per heavy atom. The van der Waals surface area contributed by atoms with E-state index < -0.39 is 5.41 Å². The van der Waals surface area contributed by atoms with Crippen molar-refractivity contribution in [3.05, 3.63) is 0 Å². The highest BCUT2D eigenvalue weighted by atomic mass is 16.3. The number of aliphatic hydroxyl groups excluding tert-OH is 3. The fourth-order valence-electron chi connectivity index (χ4n) is 2.00. The van der Waals surface area contributed by atoms with E-state index in [-0.39, 0.29) is 19.8 Å². The summed E-state index contributed by atoms with van der Waals surface area (Å²) in [5, 5.41) is 27.3. The number of nitrogens with zero attached hydrogens (tertiary/aromatic N) is 2. The molecular weight excluding hydrogens is 208 g/mol. The second kappa shape index (κ2) is 6.51. The second-order valence-electron chi connectivity index (χ2n) is 4.97. The van der Waals surface area contributed by atoms with E-state index in [0.29, 0.717) is 0 Å². The Balaban J connectivity index is 2.31. The van der Waals surface area contributed by atoms with E-state index in [4.69, 9.17) is 5.11 Å². The normalized spacial score (nSPS) is 20.2. The number of aliphatic hydroxyl groups is 3. The summed E-state index contributed by atoms with van der Waals surface area (Å²) in [7, 11) is 0. The van der Waals surface area contributed by atoms with E-state index in [9.17, 15) is 10.2 Å². The minimum Gasteiger partial charge on any atom is -0.396 e. The van der Waals surface area contributed by atoms with Crippen LogP contribution < -0.4 is 0 Å². The van der Waals surface area contributed by atoms with Gasteiger partial charge >= 0.3 is 0 Å². The van der Waals surface area contributed by atoms with Crippen LogP contribution in [0.3, 0.4) is 0 Å². The fraction of sp³-hybridized carbons (Fsp3) is 1.00. The Labute approximate surface area is 97.3 Å². The van der Waals surface area contributed by atoms with Gasteiger partial charge in [0.25, 0.3) is 0 Å². The average Bonchev–Trinajstić information content (AvgIpc) is 2.32. The van der Waals surface area contributed by atoms with Gasteiger partial charge in [0, 0.05) is 44.7 Å². The van der Waals surface area contributed by atoms with E-state index in [1.165, 1.54) is 0 Å². The smallest absolute Gasteiger partial charge is 0.0558 e.